The first-order chi connectivity index (χ1) is 13.3. The molecule has 6 nitrogen and oxygen atoms in total. The summed E-state index contributed by atoms with van der Waals surface area (Å²) in [5, 5.41) is 12.0. The molecule has 144 valence electrons. The van der Waals surface area contributed by atoms with Crippen molar-refractivity contribution in [3.63, 3.8) is 0 Å². The molecule has 1 aliphatic heterocycles. The highest BCUT2D eigenvalue weighted by molar-refractivity contribution is 9.10. The quantitative estimate of drug-likeness (QED) is 0.617. The van der Waals surface area contributed by atoms with Crippen LogP contribution in [0.3, 0.4) is 0 Å². The molecular weight excluding hydrogens is 475 g/mol. The molecule has 2 aromatic rings. The van der Waals surface area contributed by atoms with Crippen molar-refractivity contribution in [3.05, 3.63) is 62.2 Å². The Balaban J connectivity index is 1.77. The molecule has 1 saturated heterocycles. The van der Waals surface area contributed by atoms with Gasteiger partial charge in [0.1, 0.15) is 18.1 Å². The first-order valence-corrected chi connectivity index (χ1v) is 9.73. The number of nitrogens with zero attached hydrogens (tertiary/aromatic N) is 1. The molecular formula is C18H11BrClFN2O4S. The minimum atomic E-state index is -0.720. The molecule has 1 aliphatic rings. The first-order valence-electron chi connectivity index (χ1n) is 7.74. The van der Waals surface area contributed by atoms with Crippen LogP contribution in [0.25, 0.3) is 6.08 Å². The lowest BCUT2D eigenvalue weighted by Gasteiger charge is -2.12. The Morgan fingerprint density at radius 1 is 1.32 bits per heavy atom. The van der Waals surface area contributed by atoms with Gasteiger partial charge in [-0.3, -0.25) is 19.3 Å². The van der Waals surface area contributed by atoms with Crippen LogP contribution in [0.15, 0.2) is 45.8 Å². The molecule has 2 N–H and O–H groups in total. The van der Waals surface area contributed by atoms with Gasteiger partial charge in [0, 0.05) is 10.6 Å². The molecule has 0 aromatic heterocycles. The van der Waals surface area contributed by atoms with E-state index in [0.29, 0.717) is 21.3 Å². The summed E-state index contributed by atoms with van der Waals surface area (Å²) in [4.78, 5) is 37.5. The van der Waals surface area contributed by atoms with Crippen molar-refractivity contribution in [2.24, 2.45) is 0 Å². The lowest BCUT2D eigenvalue weighted by molar-refractivity contribution is -0.127. The van der Waals surface area contributed by atoms with E-state index < -0.39 is 29.4 Å². The molecule has 0 aliphatic carbocycles. The maximum atomic E-state index is 13.6. The highest BCUT2D eigenvalue weighted by atomic mass is 79.9. The molecule has 0 unspecified atom stereocenters. The zero-order chi connectivity index (χ0) is 20.4. The molecule has 10 heteroatoms. The Labute approximate surface area is 176 Å². The average molecular weight is 486 g/mol. The molecule has 28 heavy (non-hydrogen) atoms. The van der Waals surface area contributed by atoms with E-state index in [-0.39, 0.29) is 21.9 Å². The lowest BCUT2D eigenvalue weighted by Crippen LogP contribution is -2.36. The lowest BCUT2D eigenvalue weighted by atomic mass is 10.2. The molecule has 1 fully saturated rings. The zero-order valence-electron chi connectivity index (χ0n) is 13.9. The Morgan fingerprint density at radius 3 is 2.75 bits per heavy atom. The Hall–Kier alpha value is -2.36. The number of phenolic OH excluding ortho intramolecular Hbond substituents is 1. The fraction of sp³-hybridized carbons (Fsp3) is 0.0556. The van der Waals surface area contributed by atoms with Crippen molar-refractivity contribution in [1.82, 2.24) is 4.90 Å². The summed E-state index contributed by atoms with van der Waals surface area (Å²) in [5.41, 5.74) is 0.185. The SMILES string of the molecule is O=C(CN1C(=O)SC(=Cc2cc(Cl)cc(Br)c2O)C1=O)Nc1ccccc1F. The number of aromatic hydroxyl groups is 1. The maximum Gasteiger partial charge on any atom is 0.294 e. The number of benzene rings is 2. The minimum Gasteiger partial charge on any atom is -0.506 e. The fourth-order valence-electron chi connectivity index (χ4n) is 2.37. The number of para-hydroxylation sites is 1. The normalized spacial score (nSPS) is 15.4. The number of imide groups is 1. The van der Waals surface area contributed by atoms with Crippen molar-refractivity contribution in [3.8, 4) is 5.75 Å². The van der Waals surface area contributed by atoms with Crippen LogP contribution in [0.5, 0.6) is 5.75 Å². The largest absolute Gasteiger partial charge is 0.506 e. The van der Waals surface area contributed by atoms with Gasteiger partial charge in [-0.25, -0.2) is 4.39 Å². The van der Waals surface area contributed by atoms with E-state index in [4.69, 9.17) is 11.6 Å². The molecule has 2 aromatic carbocycles. The summed E-state index contributed by atoms with van der Waals surface area (Å²) in [7, 11) is 0. The third-order valence-corrected chi connectivity index (χ3v) is 5.40. The van der Waals surface area contributed by atoms with E-state index >= 15 is 0 Å². The highest BCUT2D eigenvalue weighted by Crippen LogP contribution is 2.37. The number of rotatable bonds is 4. The number of hydrogen-bond acceptors (Lipinski definition) is 5. The van der Waals surface area contributed by atoms with E-state index in [1.165, 1.54) is 42.5 Å². The monoisotopic (exact) mass is 484 g/mol. The van der Waals surface area contributed by atoms with E-state index in [1.54, 1.807) is 0 Å². The van der Waals surface area contributed by atoms with Crippen molar-refractivity contribution >= 4 is 68.1 Å². The summed E-state index contributed by atoms with van der Waals surface area (Å²) in [6.45, 7) is -0.568. The van der Waals surface area contributed by atoms with E-state index in [1.807, 2.05) is 0 Å². The van der Waals surface area contributed by atoms with Gasteiger partial charge < -0.3 is 10.4 Å². The predicted molar refractivity (Wildman–Crippen MR) is 109 cm³/mol. The van der Waals surface area contributed by atoms with Crippen LogP contribution in [0.2, 0.25) is 5.02 Å². The number of phenols is 1. The van der Waals surface area contributed by atoms with Gasteiger partial charge in [0.25, 0.3) is 11.1 Å². The zero-order valence-corrected chi connectivity index (χ0v) is 17.1. The standard InChI is InChI=1S/C18H11BrClFN2O4S/c19-11-7-10(20)5-9(16(11)25)6-14-17(26)23(18(27)28-14)8-15(24)22-13-4-2-1-3-12(13)21/h1-7,25H,8H2,(H,22,24). The number of anilines is 1. The van der Waals surface area contributed by atoms with Gasteiger partial charge >= 0.3 is 0 Å². The molecule has 0 radical (unpaired) electrons. The Morgan fingerprint density at radius 2 is 2.04 bits per heavy atom. The van der Waals surface area contributed by atoms with E-state index in [0.717, 1.165) is 4.90 Å². The van der Waals surface area contributed by atoms with Gasteiger partial charge in [0.05, 0.1) is 15.1 Å². The molecule has 1 heterocycles. The predicted octanol–water partition coefficient (Wildman–Crippen LogP) is 4.62. The summed E-state index contributed by atoms with van der Waals surface area (Å²) in [5.74, 6) is -2.20. The van der Waals surface area contributed by atoms with Crippen LogP contribution in [0, 0.1) is 5.82 Å². The summed E-state index contributed by atoms with van der Waals surface area (Å²) in [6, 6.07) is 8.45. The molecule has 3 amide bonds. The summed E-state index contributed by atoms with van der Waals surface area (Å²) >= 11 is 9.70. The second-order valence-corrected chi connectivity index (χ2v) is 7.91. The third kappa shape index (κ3) is 4.37. The van der Waals surface area contributed by atoms with E-state index in [2.05, 4.69) is 21.2 Å². The van der Waals surface area contributed by atoms with Gasteiger partial charge in [-0.1, -0.05) is 23.7 Å². The maximum absolute atomic E-state index is 13.6. The first kappa shape index (κ1) is 20.4. The molecule has 3 rings (SSSR count). The number of halogens is 3. The van der Waals surface area contributed by atoms with Crippen molar-refractivity contribution in [1.29, 1.82) is 0 Å². The topological polar surface area (TPSA) is 86.7 Å². The highest BCUT2D eigenvalue weighted by Gasteiger charge is 2.36. The summed E-state index contributed by atoms with van der Waals surface area (Å²) < 4.78 is 13.9. The Bertz CT molecular complexity index is 1030. The van der Waals surface area contributed by atoms with Gasteiger partial charge in [0.15, 0.2) is 0 Å². The van der Waals surface area contributed by atoms with Crippen molar-refractivity contribution in [2.75, 3.05) is 11.9 Å². The number of thioether (sulfide) groups is 1. The number of carbonyl (C=O) groups excluding carboxylic acids is 3. The van der Waals surface area contributed by atoms with Gasteiger partial charge in [-0.2, -0.15) is 0 Å². The molecule has 0 bridgehead atoms. The van der Waals surface area contributed by atoms with Crippen LogP contribution in [0.1, 0.15) is 5.56 Å². The van der Waals surface area contributed by atoms with Gasteiger partial charge in [-0.05, 0) is 58.0 Å². The fourth-order valence-corrected chi connectivity index (χ4v) is 4.03. The number of nitrogens with one attached hydrogen (secondary N) is 1. The van der Waals surface area contributed by atoms with Crippen LogP contribution in [-0.2, 0) is 9.59 Å². The van der Waals surface area contributed by atoms with Crippen LogP contribution >= 0.6 is 39.3 Å². The number of hydrogen-bond donors (Lipinski definition) is 2. The van der Waals surface area contributed by atoms with Crippen molar-refractivity contribution < 1.29 is 23.9 Å². The minimum absolute atomic E-state index is 0.0214. The van der Waals surface area contributed by atoms with E-state index in [9.17, 15) is 23.9 Å². The van der Waals surface area contributed by atoms with Crippen LogP contribution in [0.4, 0.5) is 14.9 Å². The second-order valence-electron chi connectivity index (χ2n) is 5.62. The molecule has 0 spiro atoms. The number of amides is 3. The van der Waals surface area contributed by atoms with Crippen LogP contribution in [-0.4, -0.2) is 33.6 Å². The molecule has 0 atom stereocenters. The molecule has 0 saturated carbocycles. The number of carbonyl (C=O) groups is 3. The second kappa shape index (κ2) is 8.34. The average Bonchev–Trinajstić information content (AvgIpc) is 2.88. The Kier molecular flexibility index (Phi) is 6.07. The van der Waals surface area contributed by atoms with Gasteiger partial charge in [-0.15, -0.1) is 0 Å². The smallest absolute Gasteiger partial charge is 0.294 e. The van der Waals surface area contributed by atoms with Crippen molar-refractivity contribution in [2.45, 2.75) is 0 Å². The van der Waals surface area contributed by atoms with Crippen LogP contribution < -0.4 is 5.32 Å². The summed E-state index contributed by atoms with van der Waals surface area (Å²) in [6.07, 6.45) is 1.31. The third-order valence-electron chi connectivity index (χ3n) is 3.67. The van der Waals surface area contributed by atoms with Gasteiger partial charge in [0.2, 0.25) is 5.91 Å².